The van der Waals surface area contributed by atoms with E-state index in [0.717, 1.165) is 40.0 Å². The lowest BCUT2D eigenvalue weighted by Crippen LogP contribution is -2.02. The highest BCUT2D eigenvalue weighted by Crippen LogP contribution is 2.26. The lowest BCUT2D eigenvalue weighted by atomic mass is 10.2. The smallest absolute Gasteiger partial charge is 0.160 e. The maximum atomic E-state index is 5.20. The van der Waals surface area contributed by atoms with Crippen LogP contribution in [0.1, 0.15) is 12.5 Å². The molecular weight excluding hydrogens is 312 g/mol. The second-order valence-corrected chi connectivity index (χ2v) is 5.92. The summed E-state index contributed by atoms with van der Waals surface area (Å²) in [4.78, 5) is 4.79. The van der Waals surface area contributed by atoms with Crippen molar-refractivity contribution in [1.82, 2.24) is 14.8 Å². The minimum atomic E-state index is 0.701. The average Bonchev–Trinajstić information content (AvgIpc) is 3.01. The summed E-state index contributed by atoms with van der Waals surface area (Å²) in [5.41, 5.74) is 3.08. The summed E-state index contributed by atoms with van der Waals surface area (Å²) in [6.07, 6.45) is 0. The molecule has 25 heavy (non-hydrogen) atoms. The summed E-state index contributed by atoms with van der Waals surface area (Å²) < 4.78 is 7.15. The third-order valence-corrected chi connectivity index (χ3v) is 4.34. The fourth-order valence-corrected chi connectivity index (χ4v) is 2.98. The Labute approximate surface area is 146 Å². The molecule has 4 aromatic rings. The number of aryl methyl sites for hydroxylation is 1. The minimum absolute atomic E-state index is 0.701. The van der Waals surface area contributed by atoms with Gasteiger partial charge in [-0.15, -0.1) is 0 Å². The van der Waals surface area contributed by atoms with E-state index in [0.29, 0.717) is 6.54 Å². The molecule has 0 amide bonds. The molecule has 0 spiro atoms. The molecule has 0 aliphatic rings. The summed E-state index contributed by atoms with van der Waals surface area (Å²) in [5.74, 6) is 1.73. The summed E-state index contributed by atoms with van der Waals surface area (Å²) in [7, 11) is 1.67. The Morgan fingerprint density at radius 1 is 1.08 bits per heavy atom. The molecule has 0 saturated carbocycles. The van der Waals surface area contributed by atoms with Crippen molar-refractivity contribution in [3.63, 3.8) is 0 Å². The van der Waals surface area contributed by atoms with Gasteiger partial charge in [-0.25, -0.2) is 9.67 Å². The van der Waals surface area contributed by atoms with Crippen LogP contribution in [-0.4, -0.2) is 21.9 Å². The molecule has 0 atom stereocenters. The van der Waals surface area contributed by atoms with E-state index >= 15 is 0 Å². The van der Waals surface area contributed by atoms with Gasteiger partial charge in [0.05, 0.1) is 18.0 Å². The molecule has 0 unspecified atom stereocenters. The zero-order chi connectivity index (χ0) is 17.2. The van der Waals surface area contributed by atoms with Gasteiger partial charge in [0.1, 0.15) is 5.75 Å². The number of hydrogen-bond donors (Lipinski definition) is 1. The molecule has 2 heterocycles. The van der Waals surface area contributed by atoms with E-state index in [-0.39, 0.29) is 0 Å². The zero-order valence-corrected chi connectivity index (χ0v) is 14.4. The van der Waals surface area contributed by atoms with Gasteiger partial charge in [-0.2, -0.15) is 5.10 Å². The maximum absolute atomic E-state index is 5.20. The number of methoxy groups -OCH3 is 1. The molecular formula is C20H20N4O. The molecule has 0 aliphatic carbocycles. The van der Waals surface area contributed by atoms with Crippen molar-refractivity contribution in [2.75, 3.05) is 12.4 Å². The topological polar surface area (TPSA) is 52.0 Å². The zero-order valence-electron chi connectivity index (χ0n) is 14.4. The maximum Gasteiger partial charge on any atom is 0.160 e. The number of para-hydroxylation sites is 1. The van der Waals surface area contributed by atoms with Crippen LogP contribution in [0, 0.1) is 0 Å². The van der Waals surface area contributed by atoms with Gasteiger partial charge in [0.2, 0.25) is 0 Å². The molecule has 0 fully saturated rings. The normalized spacial score (nSPS) is 11.1. The molecule has 2 aromatic carbocycles. The molecule has 0 aliphatic heterocycles. The lowest BCUT2D eigenvalue weighted by molar-refractivity contribution is 0.414. The van der Waals surface area contributed by atoms with E-state index in [9.17, 15) is 0 Å². The second kappa shape index (κ2) is 6.43. The standard InChI is InChI=1S/C20H20N4O/c1-3-24-20-17(12-15-6-4-5-7-18(15)22-20)19(23-24)21-13-14-8-10-16(25-2)11-9-14/h4-12H,3,13H2,1-2H3,(H,21,23). The summed E-state index contributed by atoms with van der Waals surface area (Å²) in [5, 5.41) is 10.3. The van der Waals surface area contributed by atoms with Crippen molar-refractivity contribution in [1.29, 1.82) is 0 Å². The van der Waals surface area contributed by atoms with Crippen LogP contribution in [0.25, 0.3) is 21.9 Å². The van der Waals surface area contributed by atoms with Crippen molar-refractivity contribution in [2.45, 2.75) is 20.0 Å². The lowest BCUT2D eigenvalue weighted by Gasteiger charge is -2.05. The number of rotatable bonds is 5. The monoisotopic (exact) mass is 332 g/mol. The molecule has 4 rings (SSSR count). The highest BCUT2D eigenvalue weighted by atomic mass is 16.5. The second-order valence-electron chi connectivity index (χ2n) is 5.92. The van der Waals surface area contributed by atoms with Crippen LogP contribution in [0.2, 0.25) is 0 Å². The summed E-state index contributed by atoms with van der Waals surface area (Å²) in [6.45, 7) is 3.56. The fraction of sp³-hybridized carbons (Fsp3) is 0.200. The molecule has 5 nitrogen and oxygen atoms in total. The van der Waals surface area contributed by atoms with E-state index in [1.165, 1.54) is 5.56 Å². The summed E-state index contributed by atoms with van der Waals surface area (Å²) in [6, 6.07) is 18.4. The van der Waals surface area contributed by atoms with E-state index in [2.05, 4.69) is 36.5 Å². The van der Waals surface area contributed by atoms with E-state index in [1.807, 2.05) is 35.0 Å². The van der Waals surface area contributed by atoms with E-state index < -0.39 is 0 Å². The number of pyridine rings is 1. The van der Waals surface area contributed by atoms with Crippen LogP contribution in [0.3, 0.4) is 0 Å². The highest BCUT2D eigenvalue weighted by Gasteiger charge is 2.12. The number of benzene rings is 2. The van der Waals surface area contributed by atoms with Crippen molar-refractivity contribution in [2.24, 2.45) is 0 Å². The molecule has 2 aromatic heterocycles. The number of aromatic nitrogens is 3. The van der Waals surface area contributed by atoms with Gasteiger partial charge in [-0.3, -0.25) is 0 Å². The first-order valence-electron chi connectivity index (χ1n) is 8.41. The first-order valence-corrected chi connectivity index (χ1v) is 8.41. The highest BCUT2D eigenvalue weighted by molar-refractivity contribution is 5.97. The Bertz CT molecular complexity index is 1020. The first-order chi connectivity index (χ1) is 12.3. The van der Waals surface area contributed by atoms with Crippen LogP contribution in [0.5, 0.6) is 5.75 Å². The van der Waals surface area contributed by atoms with Gasteiger partial charge < -0.3 is 10.1 Å². The quantitative estimate of drug-likeness (QED) is 0.594. The van der Waals surface area contributed by atoms with Gasteiger partial charge in [0, 0.05) is 18.5 Å². The van der Waals surface area contributed by atoms with Crippen LogP contribution >= 0.6 is 0 Å². The van der Waals surface area contributed by atoms with Gasteiger partial charge >= 0.3 is 0 Å². The van der Waals surface area contributed by atoms with E-state index in [1.54, 1.807) is 7.11 Å². The minimum Gasteiger partial charge on any atom is -0.497 e. The summed E-state index contributed by atoms with van der Waals surface area (Å²) >= 11 is 0. The average molecular weight is 332 g/mol. The van der Waals surface area contributed by atoms with Crippen LogP contribution in [0.4, 0.5) is 5.82 Å². The molecule has 126 valence electrons. The van der Waals surface area contributed by atoms with Gasteiger partial charge in [0.25, 0.3) is 0 Å². The SMILES string of the molecule is CCn1nc(NCc2ccc(OC)cc2)c2cc3ccccc3nc21. The van der Waals surface area contributed by atoms with Crippen LogP contribution in [0.15, 0.2) is 54.6 Å². The number of ether oxygens (including phenoxy) is 1. The molecule has 1 N–H and O–H groups in total. The van der Waals surface area contributed by atoms with Crippen LogP contribution in [-0.2, 0) is 13.1 Å². The van der Waals surface area contributed by atoms with Gasteiger partial charge in [0.15, 0.2) is 11.5 Å². The Hall–Kier alpha value is -3.08. The van der Waals surface area contributed by atoms with Gasteiger partial charge in [-0.05, 0) is 36.8 Å². The Morgan fingerprint density at radius 2 is 1.88 bits per heavy atom. The Kier molecular flexibility index (Phi) is 3.98. The Balaban J connectivity index is 1.69. The molecule has 0 bridgehead atoms. The van der Waals surface area contributed by atoms with E-state index in [4.69, 9.17) is 14.8 Å². The molecule has 5 heteroatoms. The third-order valence-electron chi connectivity index (χ3n) is 4.34. The number of fused-ring (bicyclic) bond motifs is 2. The number of hydrogen-bond acceptors (Lipinski definition) is 4. The van der Waals surface area contributed by atoms with Crippen molar-refractivity contribution < 1.29 is 4.74 Å². The number of nitrogens with one attached hydrogen (secondary N) is 1. The van der Waals surface area contributed by atoms with Gasteiger partial charge in [-0.1, -0.05) is 30.3 Å². The first kappa shape index (κ1) is 15.4. The fourth-order valence-electron chi connectivity index (χ4n) is 2.98. The molecule has 0 radical (unpaired) electrons. The third kappa shape index (κ3) is 2.89. The number of anilines is 1. The predicted octanol–water partition coefficient (Wildman–Crippen LogP) is 4.23. The largest absolute Gasteiger partial charge is 0.497 e. The Morgan fingerprint density at radius 3 is 2.64 bits per heavy atom. The van der Waals surface area contributed by atoms with Crippen molar-refractivity contribution >= 4 is 27.8 Å². The number of nitrogens with zero attached hydrogens (tertiary/aromatic N) is 3. The molecule has 0 saturated heterocycles. The van der Waals surface area contributed by atoms with Crippen molar-refractivity contribution in [3.05, 3.63) is 60.2 Å². The predicted molar refractivity (Wildman–Crippen MR) is 101 cm³/mol. The van der Waals surface area contributed by atoms with Crippen molar-refractivity contribution in [3.8, 4) is 5.75 Å². The van der Waals surface area contributed by atoms with Crippen LogP contribution < -0.4 is 10.1 Å².